The number of rotatable bonds is 14. The van der Waals surface area contributed by atoms with Crippen molar-refractivity contribution in [3.05, 3.63) is 135 Å². The monoisotopic (exact) mass is 568 g/mol. The van der Waals surface area contributed by atoms with Crippen LogP contribution in [0.15, 0.2) is 102 Å². The molecule has 1 heterocycles. The molecular formula is C34H36N2O6. The van der Waals surface area contributed by atoms with Crippen molar-refractivity contribution in [2.24, 2.45) is 0 Å². The number of aromatic nitrogens is 1. The zero-order valence-electron chi connectivity index (χ0n) is 24.0. The standard InChI is InChI=1S/C34H36N2O6/c1-3-41-34(39)29-23-35-30(32(31(29)37)42-24-25-13-7-4-8-14-25)33(38)36(21-22-40-2)20-19-28(26-15-9-5-10-16-26)27-17-11-6-12-18-27/h4-18,23,28H,3,19-22,24H2,1-2H3,(H,35,37). The Morgan fingerprint density at radius 2 is 1.45 bits per heavy atom. The molecule has 0 bridgehead atoms. The van der Waals surface area contributed by atoms with Gasteiger partial charge in [0.1, 0.15) is 12.2 Å². The van der Waals surface area contributed by atoms with Gasteiger partial charge in [-0.15, -0.1) is 0 Å². The number of carbonyl (C=O) groups excluding carboxylic acids is 2. The van der Waals surface area contributed by atoms with Gasteiger partial charge in [-0.3, -0.25) is 9.59 Å². The Morgan fingerprint density at radius 3 is 2.02 bits per heavy atom. The molecule has 4 rings (SSSR count). The van der Waals surface area contributed by atoms with E-state index < -0.39 is 17.3 Å². The van der Waals surface area contributed by atoms with Crippen LogP contribution in [-0.4, -0.2) is 55.2 Å². The van der Waals surface area contributed by atoms with Crippen molar-refractivity contribution in [1.82, 2.24) is 9.88 Å². The number of esters is 1. The van der Waals surface area contributed by atoms with Crippen molar-refractivity contribution >= 4 is 11.9 Å². The molecule has 0 fully saturated rings. The number of ether oxygens (including phenoxy) is 3. The molecular weight excluding hydrogens is 532 g/mol. The lowest BCUT2D eigenvalue weighted by Crippen LogP contribution is -2.37. The maximum atomic E-state index is 14.0. The molecule has 0 saturated carbocycles. The number of nitrogens with one attached hydrogen (secondary N) is 1. The molecule has 8 heteroatoms. The van der Waals surface area contributed by atoms with Gasteiger partial charge in [-0.1, -0.05) is 91.0 Å². The highest BCUT2D eigenvalue weighted by atomic mass is 16.5. The summed E-state index contributed by atoms with van der Waals surface area (Å²) in [6.45, 7) is 2.79. The Balaban J connectivity index is 1.66. The highest BCUT2D eigenvalue weighted by molar-refractivity contribution is 5.97. The highest BCUT2D eigenvalue weighted by Crippen LogP contribution is 2.28. The molecule has 0 aliphatic heterocycles. The molecule has 0 aliphatic rings. The Morgan fingerprint density at radius 1 is 0.857 bits per heavy atom. The average Bonchev–Trinajstić information content (AvgIpc) is 3.03. The Kier molecular flexibility index (Phi) is 11.1. The van der Waals surface area contributed by atoms with E-state index in [1.807, 2.05) is 66.7 Å². The van der Waals surface area contributed by atoms with E-state index >= 15 is 0 Å². The summed E-state index contributed by atoms with van der Waals surface area (Å²) >= 11 is 0. The summed E-state index contributed by atoms with van der Waals surface area (Å²) in [6.07, 6.45) is 1.85. The van der Waals surface area contributed by atoms with Gasteiger partial charge in [-0.2, -0.15) is 0 Å². The van der Waals surface area contributed by atoms with E-state index in [1.54, 1.807) is 18.9 Å². The second-order valence-corrected chi connectivity index (χ2v) is 9.68. The van der Waals surface area contributed by atoms with Gasteiger partial charge in [0.05, 0.1) is 13.2 Å². The van der Waals surface area contributed by atoms with Crippen LogP contribution in [0.3, 0.4) is 0 Å². The first-order chi connectivity index (χ1) is 20.5. The lowest BCUT2D eigenvalue weighted by atomic mass is 9.88. The predicted octanol–water partition coefficient (Wildman–Crippen LogP) is 5.44. The van der Waals surface area contributed by atoms with Crippen molar-refractivity contribution in [2.75, 3.05) is 33.4 Å². The quantitative estimate of drug-likeness (QED) is 0.204. The van der Waals surface area contributed by atoms with Crippen LogP contribution in [-0.2, 0) is 16.1 Å². The number of pyridine rings is 1. The minimum Gasteiger partial charge on any atom is -0.483 e. The molecule has 4 aromatic rings. The van der Waals surface area contributed by atoms with Crippen LogP contribution in [0.2, 0.25) is 0 Å². The van der Waals surface area contributed by atoms with Crippen molar-refractivity contribution in [3.63, 3.8) is 0 Å². The summed E-state index contributed by atoms with van der Waals surface area (Å²) in [6, 6.07) is 29.6. The van der Waals surface area contributed by atoms with Crippen LogP contribution in [0.4, 0.5) is 0 Å². The van der Waals surface area contributed by atoms with Crippen LogP contribution in [0.1, 0.15) is 56.8 Å². The fourth-order valence-corrected chi connectivity index (χ4v) is 4.75. The zero-order chi connectivity index (χ0) is 29.7. The first-order valence-corrected chi connectivity index (χ1v) is 14.0. The Hall–Kier alpha value is -4.69. The summed E-state index contributed by atoms with van der Waals surface area (Å²) in [4.78, 5) is 44.5. The van der Waals surface area contributed by atoms with Crippen molar-refractivity contribution in [2.45, 2.75) is 25.9 Å². The topological polar surface area (TPSA) is 97.9 Å². The molecule has 8 nitrogen and oxygen atoms in total. The number of aromatic amines is 1. The summed E-state index contributed by atoms with van der Waals surface area (Å²) in [5.41, 5.74) is 2.12. The fourth-order valence-electron chi connectivity index (χ4n) is 4.75. The maximum absolute atomic E-state index is 14.0. The molecule has 1 aromatic heterocycles. The summed E-state index contributed by atoms with van der Waals surface area (Å²) in [7, 11) is 1.57. The molecule has 1 N–H and O–H groups in total. The second kappa shape index (κ2) is 15.3. The number of H-pyrrole nitrogens is 1. The smallest absolute Gasteiger partial charge is 0.343 e. The molecule has 0 unspecified atom stereocenters. The van der Waals surface area contributed by atoms with Crippen molar-refractivity contribution in [3.8, 4) is 5.75 Å². The first kappa shape index (κ1) is 30.3. The van der Waals surface area contributed by atoms with Crippen LogP contribution < -0.4 is 10.2 Å². The van der Waals surface area contributed by atoms with E-state index in [1.165, 1.54) is 6.20 Å². The molecule has 1 amide bonds. The predicted molar refractivity (Wildman–Crippen MR) is 161 cm³/mol. The van der Waals surface area contributed by atoms with Crippen LogP contribution in [0.25, 0.3) is 0 Å². The van der Waals surface area contributed by atoms with Gasteiger partial charge in [0.15, 0.2) is 11.4 Å². The van der Waals surface area contributed by atoms with E-state index in [0.717, 1.165) is 16.7 Å². The molecule has 0 spiro atoms. The lowest BCUT2D eigenvalue weighted by Gasteiger charge is -2.26. The Labute approximate surface area is 245 Å². The number of benzene rings is 3. The van der Waals surface area contributed by atoms with Crippen LogP contribution in [0, 0.1) is 0 Å². The highest BCUT2D eigenvalue weighted by Gasteiger charge is 2.27. The molecule has 0 saturated heterocycles. The van der Waals surface area contributed by atoms with Gasteiger partial charge in [0.2, 0.25) is 5.43 Å². The van der Waals surface area contributed by atoms with Gasteiger partial charge < -0.3 is 24.1 Å². The third-order valence-electron chi connectivity index (χ3n) is 6.92. The molecule has 0 radical (unpaired) electrons. The summed E-state index contributed by atoms with van der Waals surface area (Å²) in [5.74, 6) is -1.39. The van der Waals surface area contributed by atoms with Gasteiger partial charge in [-0.05, 0) is 30.0 Å². The van der Waals surface area contributed by atoms with E-state index in [9.17, 15) is 14.4 Å². The number of carbonyl (C=O) groups is 2. The SMILES string of the molecule is CCOC(=O)c1c[nH]c(C(=O)N(CCOC)CCC(c2ccccc2)c2ccccc2)c(OCc2ccccc2)c1=O. The van der Waals surface area contributed by atoms with E-state index in [0.29, 0.717) is 26.1 Å². The average molecular weight is 569 g/mol. The summed E-state index contributed by atoms with van der Waals surface area (Å²) < 4.78 is 16.3. The van der Waals surface area contributed by atoms with Crippen molar-refractivity contribution in [1.29, 1.82) is 0 Å². The minimum absolute atomic E-state index is 0.0314. The van der Waals surface area contributed by atoms with Gasteiger partial charge >= 0.3 is 5.97 Å². The zero-order valence-corrected chi connectivity index (χ0v) is 24.0. The molecule has 0 aliphatic carbocycles. The lowest BCUT2D eigenvalue weighted by molar-refractivity contribution is 0.0522. The molecule has 218 valence electrons. The molecule has 3 aromatic carbocycles. The first-order valence-electron chi connectivity index (χ1n) is 14.0. The maximum Gasteiger partial charge on any atom is 0.343 e. The number of hydrogen-bond acceptors (Lipinski definition) is 6. The van der Waals surface area contributed by atoms with E-state index in [2.05, 4.69) is 29.2 Å². The number of hydrogen-bond donors (Lipinski definition) is 1. The van der Waals surface area contributed by atoms with Crippen molar-refractivity contribution < 1.29 is 23.8 Å². The number of methoxy groups -OCH3 is 1. The normalized spacial score (nSPS) is 10.8. The second-order valence-electron chi connectivity index (χ2n) is 9.68. The molecule has 0 atom stereocenters. The van der Waals surface area contributed by atoms with E-state index in [4.69, 9.17) is 14.2 Å². The third-order valence-corrected chi connectivity index (χ3v) is 6.92. The molecule has 42 heavy (non-hydrogen) atoms. The number of nitrogens with zero attached hydrogens (tertiary/aromatic N) is 1. The Bertz CT molecular complexity index is 1450. The van der Waals surface area contributed by atoms with Gasteiger partial charge in [0.25, 0.3) is 5.91 Å². The van der Waals surface area contributed by atoms with Gasteiger partial charge in [0, 0.05) is 32.3 Å². The fraction of sp³-hybridized carbons (Fsp3) is 0.265. The van der Waals surface area contributed by atoms with Crippen LogP contribution in [0.5, 0.6) is 5.75 Å². The van der Waals surface area contributed by atoms with Crippen LogP contribution >= 0.6 is 0 Å². The summed E-state index contributed by atoms with van der Waals surface area (Å²) in [5, 5.41) is 0. The largest absolute Gasteiger partial charge is 0.483 e. The third kappa shape index (κ3) is 7.73. The van der Waals surface area contributed by atoms with Gasteiger partial charge in [-0.25, -0.2) is 4.79 Å². The minimum atomic E-state index is -0.785. The van der Waals surface area contributed by atoms with E-state index in [-0.39, 0.29) is 36.1 Å². The number of amides is 1.